The molecule has 0 bridgehead atoms. The number of anilines is 1. The minimum atomic E-state index is -0.593. The van der Waals surface area contributed by atoms with Crippen molar-refractivity contribution in [3.05, 3.63) is 59.4 Å². The molecule has 6 heteroatoms. The van der Waals surface area contributed by atoms with Crippen LogP contribution in [0.1, 0.15) is 42.6 Å². The van der Waals surface area contributed by atoms with E-state index in [0.717, 1.165) is 11.8 Å². The minimum absolute atomic E-state index is 0.0216. The first-order chi connectivity index (χ1) is 12.4. The molecule has 0 aliphatic heterocycles. The Hall–Kier alpha value is -2.89. The Morgan fingerprint density at radius 1 is 1.12 bits per heavy atom. The van der Waals surface area contributed by atoms with Crippen LogP contribution >= 0.6 is 0 Å². The van der Waals surface area contributed by atoms with Gasteiger partial charge in [0.25, 0.3) is 5.91 Å². The van der Waals surface area contributed by atoms with Crippen LogP contribution < -0.4 is 15.4 Å². The molecule has 0 spiro atoms. The molecule has 2 aromatic carbocycles. The molecule has 0 saturated heterocycles. The number of hydrogen-bond acceptors (Lipinski definition) is 3. The van der Waals surface area contributed by atoms with E-state index in [0.29, 0.717) is 19.1 Å². The molecule has 0 fully saturated rings. The van der Waals surface area contributed by atoms with Crippen LogP contribution in [0.2, 0.25) is 0 Å². The molecule has 0 aromatic heterocycles. The number of rotatable bonds is 7. The predicted octanol–water partition coefficient (Wildman–Crippen LogP) is 3.72. The summed E-state index contributed by atoms with van der Waals surface area (Å²) in [6.07, 6.45) is 0. The monoisotopic (exact) mass is 358 g/mol. The summed E-state index contributed by atoms with van der Waals surface area (Å²) in [4.78, 5) is 23.2. The van der Waals surface area contributed by atoms with Gasteiger partial charge < -0.3 is 15.4 Å². The van der Waals surface area contributed by atoms with Gasteiger partial charge in [-0.15, -0.1) is 0 Å². The lowest BCUT2D eigenvalue weighted by Gasteiger charge is -2.10. The molecule has 138 valence electrons. The minimum Gasteiger partial charge on any atom is -0.492 e. The summed E-state index contributed by atoms with van der Waals surface area (Å²) >= 11 is 0. The fourth-order valence-electron chi connectivity index (χ4n) is 2.34. The summed E-state index contributed by atoms with van der Waals surface area (Å²) in [5.41, 5.74) is 1.47. The molecule has 0 unspecified atom stereocenters. The van der Waals surface area contributed by atoms with Crippen molar-refractivity contribution in [1.82, 2.24) is 5.32 Å². The number of hydrogen-bond donors (Lipinski definition) is 2. The summed E-state index contributed by atoms with van der Waals surface area (Å²) in [6.45, 7) is 6.14. The van der Waals surface area contributed by atoms with Gasteiger partial charge in [0.05, 0.1) is 12.2 Å². The molecule has 0 heterocycles. The summed E-state index contributed by atoms with van der Waals surface area (Å²) in [7, 11) is 0. The van der Waals surface area contributed by atoms with Crippen LogP contribution in [0.3, 0.4) is 0 Å². The molecule has 2 aromatic rings. The topological polar surface area (TPSA) is 67.4 Å². The highest BCUT2D eigenvalue weighted by atomic mass is 19.1. The number of nitrogens with one attached hydrogen (secondary N) is 2. The maximum atomic E-state index is 13.6. The average molecular weight is 358 g/mol. The highest BCUT2D eigenvalue weighted by Gasteiger charge is 2.10. The van der Waals surface area contributed by atoms with Gasteiger partial charge in [-0.1, -0.05) is 26.0 Å². The van der Waals surface area contributed by atoms with Gasteiger partial charge in [-0.05, 0) is 41.8 Å². The zero-order chi connectivity index (χ0) is 19.1. The third-order valence-electron chi connectivity index (χ3n) is 3.74. The molecule has 2 rings (SSSR count). The summed E-state index contributed by atoms with van der Waals surface area (Å²) in [5.74, 6) is -0.168. The third-order valence-corrected chi connectivity index (χ3v) is 3.74. The van der Waals surface area contributed by atoms with Crippen molar-refractivity contribution in [1.29, 1.82) is 0 Å². The van der Waals surface area contributed by atoms with Gasteiger partial charge in [0.1, 0.15) is 18.2 Å². The number of benzene rings is 2. The van der Waals surface area contributed by atoms with Crippen molar-refractivity contribution in [2.75, 3.05) is 18.5 Å². The lowest BCUT2D eigenvalue weighted by Crippen LogP contribution is -2.28. The van der Waals surface area contributed by atoms with Gasteiger partial charge in [0, 0.05) is 12.5 Å². The Morgan fingerprint density at radius 3 is 2.42 bits per heavy atom. The van der Waals surface area contributed by atoms with Crippen molar-refractivity contribution in [3.8, 4) is 5.75 Å². The van der Waals surface area contributed by atoms with Gasteiger partial charge in [-0.2, -0.15) is 0 Å². The summed E-state index contributed by atoms with van der Waals surface area (Å²) in [5, 5.41) is 5.05. The molecule has 0 atom stereocenters. The Kier molecular flexibility index (Phi) is 6.72. The molecule has 0 saturated carbocycles. The predicted molar refractivity (Wildman–Crippen MR) is 99.1 cm³/mol. The molecular weight excluding hydrogens is 335 g/mol. The normalized spacial score (nSPS) is 10.5. The summed E-state index contributed by atoms with van der Waals surface area (Å²) < 4.78 is 19.2. The second kappa shape index (κ2) is 8.99. The van der Waals surface area contributed by atoms with Crippen LogP contribution in [0.15, 0.2) is 42.5 Å². The SMILES string of the molecule is CC(=O)Nc1cc(C(=O)NCCOc2ccc(C(C)C)cc2)ccc1F. The van der Waals surface area contributed by atoms with Gasteiger partial charge >= 0.3 is 0 Å². The third kappa shape index (κ3) is 5.58. The highest BCUT2D eigenvalue weighted by molar-refractivity contribution is 5.96. The van der Waals surface area contributed by atoms with E-state index < -0.39 is 11.7 Å². The maximum absolute atomic E-state index is 13.6. The number of halogens is 1. The first-order valence-corrected chi connectivity index (χ1v) is 8.45. The molecule has 0 aliphatic rings. The van der Waals surface area contributed by atoms with Gasteiger partial charge in [0.15, 0.2) is 0 Å². The second-order valence-corrected chi connectivity index (χ2v) is 6.20. The lowest BCUT2D eigenvalue weighted by molar-refractivity contribution is -0.114. The van der Waals surface area contributed by atoms with Crippen LogP contribution in [0.4, 0.5) is 10.1 Å². The smallest absolute Gasteiger partial charge is 0.251 e. The fourth-order valence-corrected chi connectivity index (χ4v) is 2.34. The van der Waals surface area contributed by atoms with Crippen LogP contribution in [0.5, 0.6) is 5.75 Å². The maximum Gasteiger partial charge on any atom is 0.251 e. The number of ether oxygens (including phenoxy) is 1. The van der Waals surface area contributed by atoms with Gasteiger partial charge in [0.2, 0.25) is 5.91 Å². The molecule has 2 N–H and O–H groups in total. The highest BCUT2D eigenvalue weighted by Crippen LogP contribution is 2.18. The number of amides is 2. The Bertz CT molecular complexity index is 773. The Labute approximate surface area is 152 Å². The number of carbonyl (C=O) groups excluding carboxylic acids is 2. The first kappa shape index (κ1) is 19.4. The van der Waals surface area contributed by atoms with Crippen LogP contribution in [0.25, 0.3) is 0 Å². The summed E-state index contributed by atoms with van der Waals surface area (Å²) in [6, 6.07) is 11.6. The molecule has 0 radical (unpaired) electrons. The van der Waals surface area contributed by atoms with Crippen LogP contribution in [-0.2, 0) is 4.79 Å². The molecular formula is C20H23FN2O3. The largest absolute Gasteiger partial charge is 0.492 e. The Morgan fingerprint density at radius 2 is 1.81 bits per heavy atom. The lowest BCUT2D eigenvalue weighted by atomic mass is 10.0. The van der Waals surface area contributed by atoms with Gasteiger partial charge in [-0.3, -0.25) is 9.59 Å². The van der Waals surface area contributed by atoms with E-state index in [2.05, 4.69) is 24.5 Å². The molecule has 5 nitrogen and oxygen atoms in total. The quantitative estimate of drug-likeness (QED) is 0.742. The van der Waals surface area contributed by atoms with Crippen molar-refractivity contribution in [2.45, 2.75) is 26.7 Å². The van der Waals surface area contributed by atoms with Crippen molar-refractivity contribution < 1.29 is 18.7 Å². The van der Waals surface area contributed by atoms with Gasteiger partial charge in [-0.25, -0.2) is 4.39 Å². The van der Waals surface area contributed by atoms with E-state index in [-0.39, 0.29) is 17.2 Å². The first-order valence-electron chi connectivity index (χ1n) is 8.45. The van der Waals surface area contributed by atoms with Crippen LogP contribution in [-0.4, -0.2) is 25.0 Å². The average Bonchev–Trinajstić information content (AvgIpc) is 2.60. The molecule has 2 amide bonds. The number of carbonyl (C=O) groups is 2. The van der Waals surface area contributed by atoms with E-state index in [1.54, 1.807) is 0 Å². The van der Waals surface area contributed by atoms with E-state index >= 15 is 0 Å². The van der Waals surface area contributed by atoms with Crippen LogP contribution in [0, 0.1) is 5.82 Å². The van der Waals surface area contributed by atoms with E-state index in [4.69, 9.17) is 4.74 Å². The van der Waals surface area contributed by atoms with E-state index in [1.807, 2.05) is 24.3 Å². The zero-order valence-electron chi connectivity index (χ0n) is 15.1. The van der Waals surface area contributed by atoms with Crippen molar-refractivity contribution in [2.24, 2.45) is 0 Å². The van der Waals surface area contributed by atoms with Crippen molar-refractivity contribution >= 4 is 17.5 Å². The second-order valence-electron chi connectivity index (χ2n) is 6.20. The molecule has 0 aliphatic carbocycles. The Balaban J connectivity index is 1.84. The van der Waals surface area contributed by atoms with E-state index in [1.165, 1.54) is 24.6 Å². The zero-order valence-corrected chi connectivity index (χ0v) is 15.1. The fraction of sp³-hybridized carbons (Fsp3) is 0.300. The van der Waals surface area contributed by atoms with Crippen molar-refractivity contribution in [3.63, 3.8) is 0 Å². The standard InChI is InChI=1S/C20H23FN2O3/c1-13(2)15-4-7-17(8-5-15)26-11-10-22-20(25)16-6-9-18(21)19(12-16)23-14(3)24/h4-9,12-13H,10-11H2,1-3H3,(H,22,25)(H,23,24). The molecule has 26 heavy (non-hydrogen) atoms. The van der Waals surface area contributed by atoms with E-state index in [9.17, 15) is 14.0 Å².